The Hall–Kier alpha value is -3.37. The maximum atomic E-state index is 12.7. The van der Waals surface area contributed by atoms with Crippen molar-refractivity contribution in [3.63, 3.8) is 0 Å². The van der Waals surface area contributed by atoms with Crippen LogP contribution in [0.2, 0.25) is 0 Å². The van der Waals surface area contributed by atoms with Crippen molar-refractivity contribution in [3.05, 3.63) is 69.8 Å². The van der Waals surface area contributed by atoms with Crippen molar-refractivity contribution in [2.75, 3.05) is 18.0 Å². The van der Waals surface area contributed by atoms with Gasteiger partial charge in [-0.1, -0.05) is 24.8 Å². The molecule has 1 aromatic carbocycles. The molecule has 0 unspecified atom stereocenters. The minimum absolute atomic E-state index is 0.0723. The van der Waals surface area contributed by atoms with Gasteiger partial charge in [0.15, 0.2) is 0 Å². The summed E-state index contributed by atoms with van der Waals surface area (Å²) in [6.45, 7) is 18.3. The van der Waals surface area contributed by atoms with Gasteiger partial charge in [0.2, 0.25) is 5.52 Å². The fourth-order valence-corrected chi connectivity index (χ4v) is 4.56. The molecule has 1 saturated heterocycles. The first-order valence-corrected chi connectivity index (χ1v) is 11.4. The predicted molar refractivity (Wildman–Crippen MR) is 132 cm³/mol. The topological polar surface area (TPSA) is 55.0 Å². The van der Waals surface area contributed by atoms with Crippen LogP contribution in [0.1, 0.15) is 33.3 Å². The molecule has 33 heavy (non-hydrogen) atoms. The van der Waals surface area contributed by atoms with Crippen LogP contribution in [0.4, 0.5) is 11.5 Å². The van der Waals surface area contributed by atoms with Crippen molar-refractivity contribution < 1.29 is 4.74 Å². The van der Waals surface area contributed by atoms with E-state index in [1.165, 1.54) is 5.56 Å². The summed E-state index contributed by atoms with van der Waals surface area (Å²) in [6.07, 6.45) is 0.126. The van der Waals surface area contributed by atoms with Crippen molar-refractivity contribution in [3.8, 4) is 5.75 Å². The summed E-state index contributed by atoms with van der Waals surface area (Å²) in [5, 5.41) is 0. The number of benzene rings is 1. The normalized spacial score (nSPS) is 19.1. The number of para-hydroxylation sites is 1. The molecule has 0 amide bonds. The molecule has 7 heteroatoms. The van der Waals surface area contributed by atoms with Crippen molar-refractivity contribution in [1.29, 1.82) is 0 Å². The number of anilines is 1. The van der Waals surface area contributed by atoms with Gasteiger partial charge in [-0.3, -0.25) is 9.69 Å². The summed E-state index contributed by atoms with van der Waals surface area (Å²) in [6, 6.07) is 13.8. The number of hydrogen-bond acceptors (Lipinski definition) is 5. The number of rotatable bonds is 5. The van der Waals surface area contributed by atoms with Gasteiger partial charge in [0, 0.05) is 50.4 Å². The lowest BCUT2D eigenvalue weighted by Crippen LogP contribution is -2.56. The van der Waals surface area contributed by atoms with E-state index in [0.717, 1.165) is 36.6 Å². The highest BCUT2D eigenvalue weighted by Crippen LogP contribution is 2.31. The Bertz CT molecular complexity index is 1260. The van der Waals surface area contributed by atoms with E-state index in [9.17, 15) is 4.79 Å². The molecule has 0 aliphatic carbocycles. The van der Waals surface area contributed by atoms with Gasteiger partial charge >= 0.3 is 0 Å². The smallest absolute Gasteiger partial charge is 0.270 e. The molecule has 0 N–H and O–H groups in total. The molecule has 0 bridgehead atoms. The molecule has 2 atom stereocenters. The Labute approximate surface area is 195 Å². The van der Waals surface area contributed by atoms with Crippen molar-refractivity contribution >= 4 is 22.5 Å². The number of nitrogens with zero attached hydrogens (tertiary/aromatic N) is 5. The maximum Gasteiger partial charge on any atom is 0.270 e. The van der Waals surface area contributed by atoms with E-state index in [1.54, 1.807) is 23.7 Å². The first kappa shape index (κ1) is 22.8. The minimum atomic E-state index is -0.0723. The Morgan fingerprint density at radius 2 is 1.91 bits per heavy atom. The van der Waals surface area contributed by atoms with Gasteiger partial charge in [-0.05, 0) is 45.9 Å². The number of aromatic nitrogens is 2. The molecule has 3 aromatic rings. The lowest BCUT2D eigenvalue weighted by atomic mass is 10.0. The first-order chi connectivity index (χ1) is 15.8. The fraction of sp³-hybridized carbons (Fsp3) is 0.423. The standard InChI is InChI=1S/C26H31N5O2/c1-17(2)33-23-10-8-7-9-20(23)16-30-14-19(4)31(15-18(30)3)22-13-25(32)29(6)21-11-12-24(27-5)28-26(21)22/h7-13,17-19H,14-16H2,1-4,6H3/t18-,19+/m1/s1. The average Bonchev–Trinajstić information content (AvgIpc) is 2.79. The van der Waals surface area contributed by atoms with Gasteiger partial charge in [0.05, 0.1) is 17.3 Å². The molecule has 172 valence electrons. The van der Waals surface area contributed by atoms with Crippen molar-refractivity contribution in [2.24, 2.45) is 7.05 Å². The van der Waals surface area contributed by atoms with Crippen molar-refractivity contribution in [1.82, 2.24) is 14.5 Å². The minimum Gasteiger partial charge on any atom is -0.491 e. The van der Waals surface area contributed by atoms with E-state index < -0.39 is 0 Å². The van der Waals surface area contributed by atoms with Crippen LogP contribution in [0.5, 0.6) is 5.75 Å². The second kappa shape index (κ2) is 9.24. The van der Waals surface area contributed by atoms with Crippen LogP contribution in [-0.2, 0) is 13.6 Å². The molecule has 1 fully saturated rings. The highest BCUT2D eigenvalue weighted by atomic mass is 16.5. The summed E-state index contributed by atoms with van der Waals surface area (Å²) in [5.74, 6) is 1.27. The lowest BCUT2D eigenvalue weighted by Gasteiger charge is -2.45. The van der Waals surface area contributed by atoms with Crippen LogP contribution in [0, 0.1) is 6.57 Å². The number of aryl methyl sites for hydroxylation is 1. The number of hydrogen-bond donors (Lipinski definition) is 0. The number of fused-ring (bicyclic) bond motifs is 1. The molecule has 0 radical (unpaired) electrons. The molecule has 7 nitrogen and oxygen atoms in total. The van der Waals surface area contributed by atoms with E-state index in [0.29, 0.717) is 11.3 Å². The zero-order valence-corrected chi connectivity index (χ0v) is 19.9. The van der Waals surface area contributed by atoms with Gasteiger partial charge < -0.3 is 19.0 Å². The second-order valence-electron chi connectivity index (χ2n) is 9.13. The third kappa shape index (κ3) is 4.57. The van der Waals surface area contributed by atoms with E-state index in [4.69, 9.17) is 11.3 Å². The predicted octanol–water partition coefficient (Wildman–Crippen LogP) is 4.37. The summed E-state index contributed by atoms with van der Waals surface area (Å²) >= 11 is 0. The summed E-state index contributed by atoms with van der Waals surface area (Å²) in [7, 11) is 1.74. The van der Waals surface area contributed by atoms with Crippen LogP contribution >= 0.6 is 0 Å². The monoisotopic (exact) mass is 445 g/mol. The summed E-state index contributed by atoms with van der Waals surface area (Å²) < 4.78 is 7.62. The second-order valence-corrected chi connectivity index (χ2v) is 9.13. The number of ether oxygens (including phenoxy) is 1. The number of piperazine rings is 1. The van der Waals surface area contributed by atoms with Gasteiger partial charge in [-0.2, -0.15) is 0 Å². The molecule has 3 heterocycles. The molecule has 1 aliphatic rings. The van der Waals surface area contributed by atoms with Crippen LogP contribution in [-0.4, -0.2) is 45.7 Å². The Morgan fingerprint density at radius 1 is 1.15 bits per heavy atom. The van der Waals surface area contributed by atoms with Gasteiger partial charge in [-0.25, -0.2) is 0 Å². The molecule has 0 saturated carbocycles. The van der Waals surface area contributed by atoms with E-state index in [2.05, 4.69) is 45.6 Å². The maximum absolute atomic E-state index is 12.7. The third-order valence-electron chi connectivity index (χ3n) is 6.30. The molecular weight excluding hydrogens is 414 g/mol. The largest absolute Gasteiger partial charge is 0.491 e. The molecule has 2 aromatic heterocycles. The fourth-order valence-electron chi connectivity index (χ4n) is 4.56. The SMILES string of the molecule is [C-]#[N+]c1ccc2c(n1)c(N1C[C@@H](C)N(Cc3ccccc3OC(C)C)C[C@@H]1C)cc(=O)n2C. The van der Waals surface area contributed by atoms with Crippen molar-refractivity contribution in [2.45, 2.75) is 52.4 Å². The quantitative estimate of drug-likeness (QED) is 0.546. The number of pyridine rings is 2. The van der Waals surface area contributed by atoms with E-state index >= 15 is 0 Å². The van der Waals surface area contributed by atoms with Crippen LogP contribution in [0.25, 0.3) is 15.9 Å². The van der Waals surface area contributed by atoms with Gasteiger partial charge in [-0.15, -0.1) is 4.98 Å². The highest BCUT2D eigenvalue weighted by molar-refractivity contribution is 5.89. The van der Waals surface area contributed by atoms with E-state index in [-0.39, 0.29) is 23.7 Å². The van der Waals surface area contributed by atoms with E-state index in [1.807, 2.05) is 32.0 Å². The van der Waals surface area contributed by atoms with Crippen LogP contribution < -0.4 is 15.2 Å². The van der Waals surface area contributed by atoms with Gasteiger partial charge in [0.1, 0.15) is 5.75 Å². The Balaban J connectivity index is 1.64. The molecule has 4 rings (SSSR count). The highest BCUT2D eigenvalue weighted by Gasteiger charge is 2.32. The van der Waals surface area contributed by atoms with Crippen LogP contribution in [0.15, 0.2) is 47.3 Å². The summed E-state index contributed by atoms with van der Waals surface area (Å²) in [5.41, 5.74) is 3.36. The Morgan fingerprint density at radius 3 is 2.64 bits per heavy atom. The molecule has 1 aliphatic heterocycles. The Kier molecular flexibility index (Phi) is 6.39. The van der Waals surface area contributed by atoms with Gasteiger partial charge in [0.25, 0.3) is 11.4 Å². The zero-order valence-electron chi connectivity index (χ0n) is 19.9. The third-order valence-corrected chi connectivity index (χ3v) is 6.30. The zero-order chi connectivity index (χ0) is 23.7. The average molecular weight is 446 g/mol. The van der Waals surface area contributed by atoms with Crippen LogP contribution in [0.3, 0.4) is 0 Å². The summed E-state index contributed by atoms with van der Waals surface area (Å²) in [4.78, 5) is 25.5. The molecule has 0 spiro atoms. The lowest BCUT2D eigenvalue weighted by molar-refractivity contribution is 0.154. The molecular formula is C26H31N5O2. The first-order valence-electron chi connectivity index (χ1n) is 11.4.